The highest BCUT2D eigenvalue weighted by Crippen LogP contribution is 2.33. The Hall–Kier alpha value is -3.41. The first kappa shape index (κ1) is 18.0. The average molecular weight is 374 g/mol. The lowest BCUT2D eigenvalue weighted by Crippen LogP contribution is -2.35. The van der Waals surface area contributed by atoms with Crippen molar-refractivity contribution in [2.45, 2.75) is 19.8 Å². The molecule has 2 aromatic carbocycles. The third kappa shape index (κ3) is 3.29. The van der Waals surface area contributed by atoms with Crippen LogP contribution in [0.3, 0.4) is 0 Å². The minimum absolute atomic E-state index is 0.0364. The van der Waals surface area contributed by atoms with Crippen LogP contribution in [0.2, 0.25) is 0 Å². The smallest absolute Gasteiger partial charge is 0.258 e. The van der Waals surface area contributed by atoms with E-state index >= 15 is 0 Å². The number of anilines is 2. The summed E-state index contributed by atoms with van der Waals surface area (Å²) < 4.78 is 0. The topological polar surface area (TPSA) is 78.4 Å². The number of nitrogens with one attached hydrogen (secondary N) is 1. The van der Waals surface area contributed by atoms with Gasteiger partial charge in [-0.3, -0.25) is 4.79 Å². The van der Waals surface area contributed by atoms with Crippen LogP contribution in [0.1, 0.15) is 27.9 Å². The molecular weight excluding hydrogens is 352 g/mol. The van der Waals surface area contributed by atoms with Gasteiger partial charge in [0.2, 0.25) is 5.95 Å². The molecule has 1 aliphatic heterocycles. The van der Waals surface area contributed by atoms with Crippen LogP contribution in [0.25, 0.3) is 11.3 Å². The van der Waals surface area contributed by atoms with Crippen molar-refractivity contribution in [1.82, 2.24) is 9.97 Å². The Morgan fingerprint density at radius 2 is 2.04 bits per heavy atom. The quantitative estimate of drug-likeness (QED) is 0.729. The number of nitrogens with zero attached hydrogens (tertiary/aromatic N) is 3. The standard InChI is InChI=1S/C22H22N4O2/c1-14-12-17(27)6-7-18(14)21(28)26-11-3-4-16-13-15(5-8-20(16)26)19-9-10-24-22(23-2)25-19/h5-10,12-13,27H,3-4,11H2,1-2H3,(H,23,24,25). The van der Waals surface area contributed by atoms with E-state index in [0.717, 1.165) is 40.9 Å². The van der Waals surface area contributed by atoms with Crippen LogP contribution in [0, 0.1) is 6.92 Å². The van der Waals surface area contributed by atoms with Crippen LogP contribution in [-0.4, -0.2) is 34.6 Å². The number of fused-ring (bicyclic) bond motifs is 1. The van der Waals surface area contributed by atoms with Crippen molar-refractivity contribution in [3.05, 3.63) is 65.4 Å². The molecule has 142 valence electrons. The van der Waals surface area contributed by atoms with E-state index in [1.165, 1.54) is 0 Å². The number of amides is 1. The maximum absolute atomic E-state index is 13.1. The molecule has 6 nitrogen and oxygen atoms in total. The maximum atomic E-state index is 13.1. The van der Waals surface area contributed by atoms with E-state index in [-0.39, 0.29) is 11.7 Å². The second-order valence-corrected chi connectivity index (χ2v) is 6.92. The number of hydrogen-bond donors (Lipinski definition) is 2. The zero-order valence-corrected chi connectivity index (χ0v) is 15.9. The van der Waals surface area contributed by atoms with Gasteiger partial charge in [0.25, 0.3) is 5.91 Å². The average Bonchev–Trinajstić information content (AvgIpc) is 2.72. The minimum atomic E-state index is -0.0364. The molecule has 28 heavy (non-hydrogen) atoms. The predicted molar refractivity (Wildman–Crippen MR) is 110 cm³/mol. The molecular formula is C22H22N4O2. The Labute approximate surface area is 163 Å². The molecule has 4 rings (SSSR count). The van der Waals surface area contributed by atoms with E-state index in [2.05, 4.69) is 21.4 Å². The molecule has 0 aliphatic carbocycles. The molecule has 0 radical (unpaired) electrons. The molecule has 0 unspecified atom stereocenters. The first-order chi connectivity index (χ1) is 13.6. The third-order valence-electron chi connectivity index (χ3n) is 5.06. The number of rotatable bonds is 3. The lowest BCUT2D eigenvalue weighted by atomic mass is 9.96. The van der Waals surface area contributed by atoms with Crippen molar-refractivity contribution in [3.8, 4) is 17.0 Å². The molecule has 0 spiro atoms. The molecule has 2 N–H and O–H groups in total. The van der Waals surface area contributed by atoms with E-state index in [9.17, 15) is 9.90 Å². The van der Waals surface area contributed by atoms with Gasteiger partial charge in [-0.05, 0) is 67.3 Å². The molecule has 0 atom stereocenters. The zero-order valence-electron chi connectivity index (χ0n) is 15.9. The Bertz CT molecular complexity index is 1050. The van der Waals surface area contributed by atoms with E-state index in [0.29, 0.717) is 18.1 Å². The number of aromatic hydroxyl groups is 1. The van der Waals surface area contributed by atoms with Crippen molar-refractivity contribution in [3.63, 3.8) is 0 Å². The SMILES string of the molecule is CNc1nccc(-c2ccc3c(c2)CCCN3C(=O)c2ccc(O)cc2C)n1. The number of carbonyl (C=O) groups is 1. The first-order valence-corrected chi connectivity index (χ1v) is 9.32. The fourth-order valence-electron chi connectivity index (χ4n) is 3.64. The first-order valence-electron chi connectivity index (χ1n) is 9.32. The Morgan fingerprint density at radius 1 is 1.18 bits per heavy atom. The van der Waals surface area contributed by atoms with Crippen LogP contribution >= 0.6 is 0 Å². The summed E-state index contributed by atoms with van der Waals surface area (Å²) >= 11 is 0. The normalized spacial score (nSPS) is 13.1. The van der Waals surface area contributed by atoms with Crippen molar-refractivity contribution in [2.24, 2.45) is 0 Å². The number of aromatic nitrogens is 2. The van der Waals surface area contributed by atoms with Crippen LogP contribution in [0.4, 0.5) is 11.6 Å². The van der Waals surface area contributed by atoms with Crippen LogP contribution in [0.5, 0.6) is 5.75 Å². The Balaban J connectivity index is 1.69. The lowest BCUT2D eigenvalue weighted by molar-refractivity contribution is 0.0984. The Morgan fingerprint density at radius 3 is 2.82 bits per heavy atom. The number of aryl methyl sites for hydroxylation is 2. The van der Waals surface area contributed by atoms with Gasteiger partial charge in [0, 0.05) is 36.6 Å². The van der Waals surface area contributed by atoms with Crippen molar-refractivity contribution < 1.29 is 9.90 Å². The van der Waals surface area contributed by atoms with Gasteiger partial charge in [-0.1, -0.05) is 6.07 Å². The van der Waals surface area contributed by atoms with Crippen LogP contribution in [0.15, 0.2) is 48.7 Å². The highest BCUT2D eigenvalue weighted by molar-refractivity contribution is 6.07. The van der Waals surface area contributed by atoms with Gasteiger partial charge in [-0.2, -0.15) is 0 Å². The number of hydrogen-bond acceptors (Lipinski definition) is 5. The minimum Gasteiger partial charge on any atom is -0.508 e. The highest BCUT2D eigenvalue weighted by atomic mass is 16.3. The highest BCUT2D eigenvalue weighted by Gasteiger charge is 2.25. The van der Waals surface area contributed by atoms with Crippen molar-refractivity contribution in [1.29, 1.82) is 0 Å². The largest absolute Gasteiger partial charge is 0.508 e. The number of benzene rings is 2. The van der Waals surface area contributed by atoms with Crippen LogP contribution in [-0.2, 0) is 6.42 Å². The van der Waals surface area contributed by atoms with Crippen molar-refractivity contribution in [2.75, 3.05) is 23.8 Å². The number of phenolic OH excluding ortho intramolecular Hbond substituents is 1. The molecule has 0 fully saturated rings. The van der Waals surface area contributed by atoms with Gasteiger partial charge in [-0.25, -0.2) is 9.97 Å². The summed E-state index contributed by atoms with van der Waals surface area (Å²) in [5, 5.41) is 12.6. The van der Waals surface area contributed by atoms with Gasteiger partial charge in [-0.15, -0.1) is 0 Å². The second kappa shape index (κ2) is 7.31. The van der Waals surface area contributed by atoms with Gasteiger partial charge in [0.15, 0.2) is 0 Å². The van der Waals surface area contributed by atoms with E-state index in [1.54, 1.807) is 31.4 Å². The summed E-state index contributed by atoms with van der Waals surface area (Å²) in [7, 11) is 1.79. The van der Waals surface area contributed by atoms with E-state index < -0.39 is 0 Å². The summed E-state index contributed by atoms with van der Waals surface area (Å²) in [6.45, 7) is 2.53. The molecule has 1 amide bonds. The molecule has 1 aliphatic rings. The van der Waals surface area contributed by atoms with Crippen LogP contribution < -0.4 is 10.2 Å². The fraction of sp³-hybridized carbons (Fsp3) is 0.227. The summed E-state index contributed by atoms with van der Waals surface area (Å²) in [5.41, 5.74) is 5.32. The monoisotopic (exact) mass is 374 g/mol. The van der Waals surface area contributed by atoms with E-state index in [4.69, 9.17) is 0 Å². The zero-order chi connectivity index (χ0) is 19.7. The molecule has 0 bridgehead atoms. The van der Waals surface area contributed by atoms with Gasteiger partial charge < -0.3 is 15.3 Å². The predicted octanol–water partition coefficient (Wildman–Crippen LogP) is 3.79. The molecule has 0 saturated heterocycles. The number of phenols is 1. The van der Waals surface area contributed by atoms with Gasteiger partial charge in [0.05, 0.1) is 5.69 Å². The lowest BCUT2D eigenvalue weighted by Gasteiger charge is -2.30. The summed E-state index contributed by atoms with van der Waals surface area (Å²) in [5.74, 6) is 0.712. The third-order valence-corrected chi connectivity index (χ3v) is 5.06. The summed E-state index contributed by atoms with van der Waals surface area (Å²) in [6, 6.07) is 12.9. The fourth-order valence-corrected chi connectivity index (χ4v) is 3.64. The molecule has 3 aromatic rings. The molecule has 1 aromatic heterocycles. The summed E-state index contributed by atoms with van der Waals surface area (Å²) in [4.78, 5) is 23.6. The van der Waals surface area contributed by atoms with E-state index in [1.807, 2.05) is 30.0 Å². The molecule has 0 saturated carbocycles. The molecule has 2 heterocycles. The van der Waals surface area contributed by atoms with Gasteiger partial charge in [0.1, 0.15) is 5.75 Å². The molecule has 6 heteroatoms. The Kier molecular flexibility index (Phi) is 4.69. The van der Waals surface area contributed by atoms with Crippen molar-refractivity contribution >= 4 is 17.5 Å². The number of carbonyl (C=O) groups excluding carboxylic acids is 1. The second-order valence-electron chi connectivity index (χ2n) is 6.92. The summed E-state index contributed by atoms with van der Waals surface area (Å²) in [6.07, 6.45) is 3.56. The van der Waals surface area contributed by atoms with Gasteiger partial charge >= 0.3 is 0 Å². The maximum Gasteiger partial charge on any atom is 0.258 e.